The van der Waals surface area contributed by atoms with Crippen LogP contribution in [0.25, 0.3) is 0 Å². The number of hydrogen-bond donors (Lipinski definition) is 1. The highest BCUT2D eigenvalue weighted by molar-refractivity contribution is 7.92. The summed E-state index contributed by atoms with van der Waals surface area (Å²) in [5, 5.41) is 3.28. The number of benzene rings is 4. The quantitative estimate of drug-likeness (QED) is 0.163. The van der Waals surface area contributed by atoms with Gasteiger partial charge < -0.3 is 15.0 Å². The van der Waals surface area contributed by atoms with E-state index >= 15 is 0 Å². The summed E-state index contributed by atoms with van der Waals surface area (Å²) < 4.78 is 35.3. The maximum Gasteiger partial charge on any atom is 0.264 e. The Morgan fingerprint density at radius 2 is 1.55 bits per heavy atom. The van der Waals surface area contributed by atoms with Crippen LogP contribution in [0.5, 0.6) is 5.75 Å². The summed E-state index contributed by atoms with van der Waals surface area (Å²) in [6.45, 7) is 7.69. The number of carbonyl (C=O) groups excluding carboxylic acids is 2. The Labute approximate surface area is 283 Å². The molecular formula is C37H42ClN3O5S. The number of halogens is 1. The summed E-state index contributed by atoms with van der Waals surface area (Å²) in [6, 6.07) is 27.2. The molecule has 1 unspecified atom stereocenters. The third-order valence-electron chi connectivity index (χ3n) is 7.86. The molecule has 4 aromatic rings. The lowest BCUT2D eigenvalue weighted by molar-refractivity contribution is -0.140. The maximum absolute atomic E-state index is 14.7. The van der Waals surface area contributed by atoms with Gasteiger partial charge in [-0.05, 0) is 66.8 Å². The van der Waals surface area contributed by atoms with Gasteiger partial charge in [0.05, 0.1) is 17.7 Å². The second-order valence-corrected chi connectivity index (χ2v) is 14.2. The Morgan fingerprint density at radius 1 is 0.894 bits per heavy atom. The molecule has 2 amide bonds. The zero-order valence-electron chi connectivity index (χ0n) is 27.4. The van der Waals surface area contributed by atoms with Gasteiger partial charge in [-0.25, -0.2) is 8.42 Å². The van der Waals surface area contributed by atoms with Crippen molar-refractivity contribution in [1.82, 2.24) is 10.2 Å². The Hall–Kier alpha value is -4.34. The maximum atomic E-state index is 14.7. The van der Waals surface area contributed by atoms with Crippen LogP contribution in [-0.2, 0) is 32.6 Å². The lowest BCUT2D eigenvalue weighted by atomic mass is 10.0. The lowest BCUT2D eigenvalue weighted by Gasteiger charge is -2.34. The van der Waals surface area contributed by atoms with E-state index in [2.05, 4.69) is 5.32 Å². The average molecular weight is 676 g/mol. The zero-order valence-corrected chi connectivity index (χ0v) is 29.0. The fraction of sp³-hybridized carbons (Fsp3) is 0.297. The van der Waals surface area contributed by atoms with Crippen molar-refractivity contribution >= 4 is 39.1 Å². The van der Waals surface area contributed by atoms with Crippen LogP contribution in [0.4, 0.5) is 5.69 Å². The first-order valence-corrected chi connectivity index (χ1v) is 17.3. The molecule has 47 heavy (non-hydrogen) atoms. The van der Waals surface area contributed by atoms with Gasteiger partial charge in [-0.2, -0.15) is 0 Å². The number of ether oxygens (including phenoxy) is 1. The molecule has 248 valence electrons. The molecule has 0 saturated carbocycles. The monoisotopic (exact) mass is 675 g/mol. The van der Waals surface area contributed by atoms with Gasteiger partial charge >= 0.3 is 0 Å². The van der Waals surface area contributed by atoms with Gasteiger partial charge in [0.2, 0.25) is 11.8 Å². The minimum absolute atomic E-state index is 0.00102. The van der Waals surface area contributed by atoms with Crippen LogP contribution in [0, 0.1) is 19.8 Å². The fourth-order valence-electron chi connectivity index (χ4n) is 5.16. The van der Waals surface area contributed by atoms with Crippen molar-refractivity contribution in [2.75, 3.05) is 24.5 Å². The molecule has 0 heterocycles. The van der Waals surface area contributed by atoms with Crippen molar-refractivity contribution in [2.24, 2.45) is 5.92 Å². The SMILES string of the molecule is COc1ccc(Cl)cc1N(CC(=O)N(Cc1ccccc1C)C(Cc1ccccc1)C(=O)NCC(C)C)S(=O)(=O)c1ccc(C)cc1. The van der Waals surface area contributed by atoms with Crippen LogP contribution in [0.3, 0.4) is 0 Å². The van der Waals surface area contributed by atoms with Gasteiger partial charge in [0, 0.05) is 24.5 Å². The van der Waals surface area contributed by atoms with Crippen LogP contribution in [0.15, 0.2) is 102 Å². The Balaban J connectivity index is 1.86. The molecule has 8 nitrogen and oxygen atoms in total. The second kappa shape index (κ2) is 16.0. The number of nitrogens with one attached hydrogen (secondary N) is 1. The molecule has 4 rings (SSSR count). The van der Waals surface area contributed by atoms with Crippen LogP contribution < -0.4 is 14.4 Å². The van der Waals surface area contributed by atoms with E-state index in [1.165, 1.54) is 30.2 Å². The van der Waals surface area contributed by atoms with Gasteiger partial charge in [-0.15, -0.1) is 0 Å². The smallest absolute Gasteiger partial charge is 0.264 e. The Morgan fingerprint density at radius 3 is 2.19 bits per heavy atom. The molecule has 1 N–H and O–H groups in total. The van der Waals surface area contributed by atoms with E-state index in [0.717, 1.165) is 26.6 Å². The van der Waals surface area contributed by atoms with Crippen LogP contribution in [0.2, 0.25) is 5.02 Å². The molecule has 4 aromatic carbocycles. The van der Waals surface area contributed by atoms with E-state index < -0.39 is 28.5 Å². The number of carbonyl (C=O) groups is 2. The third-order valence-corrected chi connectivity index (χ3v) is 9.86. The fourth-order valence-corrected chi connectivity index (χ4v) is 6.74. The summed E-state index contributed by atoms with van der Waals surface area (Å²) in [4.78, 5) is 30.1. The minimum Gasteiger partial charge on any atom is -0.495 e. The molecule has 10 heteroatoms. The molecule has 0 saturated heterocycles. The molecule has 1 atom stereocenters. The average Bonchev–Trinajstić information content (AvgIpc) is 3.05. The summed E-state index contributed by atoms with van der Waals surface area (Å²) >= 11 is 6.38. The van der Waals surface area contributed by atoms with Crippen molar-refractivity contribution < 1.29 is 22.7 Å². The highest BCUT2D eigenvalue weighted by Gasteiger charge is 2.36. The van der Waals surface area contributed by atoms with Crippen molar-refractivity contribution in [3.63, 3.8) is 0 Å². The predicted molar refractivity (Wildman–Crippen MR) is 187 cm³/mol. The number of nitrogens with zero attached hydrogens (tertiary/aromatic N) is 2. The van der Waals surface area contributed by atoms with Crippen molar-refractivity contribution in [1.29, 1.82) is 0 Å². The van der Waals surface area contributed by atoms with Crippen LogP contribution in [-0.4, -0.2) is 51.4 Å². The normalized spacial score (nSPS) is 12.0. The van der Waals surface area contributed by atoms with E-state index in [0.29, 0.717) is 6.54 Å². The summed E-state index contributed by atoms with van der Waals surface area (Å²) in [5.74, 6) is -0.481. The first kappa shape index (κ1) is 35.5. The molecule has 0 fully saturated rings. The summed E-state index contributed by atoms with van der Waals surface area (Å²) in [5.41, 5.74) is 3.62. The predicted octanol–water partition coefficient (Wildman–Crippen LogP) is 6.57. The molecule has 0 aliphatic carbocycles. The van der Waals surface area contributed by atoms with E-state index in [4.69, 9.17) is 16.3 Å². The Bertz CT molecular complexity index is 1780. The molecule has 0 aliphatic rings. The molecule has 0 spiro atoms. The first-order chi connectivity index (χ1) is 22.4. The molecule has 0 aromatic heterocycles. The largest absolute Gasteiger partial charge is 0.495 e. The van der Waals surface area contributed by atoms with E-state index in [-0.39, 0.29) is 46.1 Å². The van der Waals surface area contributed by atoms with E-state index in [1.54, 1.807) is 24.3 Å². The number of aryl methyl sites for hydroxylation is 2. The summed E-state index contributed by atoms with van der Waals surface area (Å²) in [7, 11) is -2.89. The highest BCUT2D eigenvalue weighted by atomic mass is 35.5. The topological polar surface area (TPSA) is 96.0 Å². The van der Waals surface area contributed by atoms with Gasteiger partial charge in [0.15, 0.2) is 0 Å². The zero-order chi connectivity index (χ0) is 34.1. The standard InChI is InChI=1S/C37H42ClN3O5S/c1-26(2)23-39-37(43)34(21-29-12-7-6-8-13-29)40(24-30-14-10-9-11-28(30)4)36(42)25-41(33-22-31(38)17-20-35(33)46-5)47(44,45)32-18-15-27(3)16-19-32/h6-20,22,26,34H,21,23-25H2,1-5H3,(H,39,43). The van der Waals surface area contributed by atoms with Crippen LogP contribution >= 0.6 is 11.6 Å². The van der Waals surface area contributed by atoms with Crippen molar-refractivity contribution in [3.8, 4) is 5.75 Å². The van der Waals surface area contributed by atoms with E-state index in [9.17, 15) is 18.0 Å². The van der Waals surface area contributed by atoms with Gasteiger partial charge in [0.1, 0.15) is 18.3 Å². The van der Waals surface area contributed by atoms with Crippen LogP contribution in [0.1, 0.15) is 36.1 Å². The number of hydrogen-bond acceptors (Lipinski definition) is 5. The molecular weight excluding hydrogens is 634 g/mol. The summed E-state index contributed by atoms with van der Waals surface area (Å²) in [6.07, 6.45) is 0.230. The number of rotatable bonds is 14. The van der Waals surface area contributed by atoms with E-state index in [1.807, 2.05) is 82.3 Å². The first-order valence-electron chi connectivity index (χ1n) is 15.5. The molecule has 0 radical (unpaired) electrons. The number of sulfonamides is 1. The number of amides is 2. The number of anilines is 1. The molecule has 0 bridgehead atoms. The molecule has 0 aliphatic heterocycles. The third kappa shape index (κ3) is 9.14. The number of methoxy groups -OCH3 is 1. The minimum atomic E-state index is -4.31. The highest BCUT2D eigenvalue weighted by Crippen LogP contribution is 2.35. The van der Waals surface area contributed by atoms with Crippen molar-refractivity contribution in [3.05, 3.63) is 124 Å². The second-order valence-electron chi connectivity index (χ2n) is 11.9. The Kier molecular flexibility index (Phi) is 12.1. The van der Waals surface area contributed by atoms with Crippen molar-refractivity contribution in [2.45, 2.75) is 51.6 Å². The van der Waals surface area contributed by atoms with Gasteiger partial charge in [-0.1, -0.05) is 97.7 Å². The van der Waals surface area contributed by atoms with Gasteiger partial charge in [0.25, 0.3) is 10.0 Å². The van der Waals surface area contributed by atoms with Gasteiger partial charge in [-0.3, -0.25) is 13.9 Å². The lowest BCUT2D eigenvalue weighted by Crippen LogP contribution is -2.53.